The summed E-state index contributed by atoms with van der Waals surface area (Å²) in [4.78, 5) is 24.8. The average Bonchev–Trinajstić information content (AvgIpc) is 2.60. The maximum Gasteiger partial charge on any atom is 0.308 e. The van der Waals surface area contributed by atoms with E-state index < -0.39 is 5.97 Å². The molecule has 0 aromatic carbocycles. The molecular formula is C11H13N3O3. The predicted molar refractivity (Wildman–Crippen MR) is 61.2 cm³/mol. The number of carbonyl (C=O) groups is 1. The fourth-order valence-electron chi connectivity index (χ4n) is 1.58. The molecule has 2 heterocycles. The van der Waals surface area contributed by atoms with Crippen molar-refractivity contribution >= 4 is 11.6 Å². The van der Waals surface area contributed by atoms with E-state index in [1.165, 1.54) is 10.7 Å². The molecule has 2 rings (SSSR count). The van der Waals surface area contributed by atoms with Gasteiger partial charge >= 0.3 is 5.97 Å². The summed E-state index contributed by atoms with van der Waals surface area (Å²) in [6.45, 7) is 4.00. The number of carboxylic acids is 1. The standard InChI is InChI=1S/C11H13N3O3/c1-6(2)8-4-9-12-11(17)7(3-10(15)16)5-14(9)13-8/h4-6H,3H2,1-2H3,(H,12,17)(H,15,16). The zero-order chi connectivity index (χ0) is 12.6. The van der Waals surface area contributed by atoms with E-state index in [1.807, 2.05) is 13.8 Å². The first kappa shape index (κ1) is 11.4. The lowest BCUT2D eigenvalue weighted by Crippen LogP contribution is -2.17. The number of hydrogen-bond acceptors (Lipinski definition) is 3. The second-order valence-electron chi connectivity index (χ2n) is 4.23. The number of rotatable bonds is 3. The van der Waals surface area contributed by atoms with E-state index in [-0.39, 0.29) is 23.5 Å². The lowest BCUT2D eigenvalue weighted by Gasteiger charge is -1.98. The highest BCUT2D eigenvalue weighted by atomic mass is 16.4. The van der Waals surface area contributed by atoms with Crippen molar-refractivity contribution in [2.75, 3.05) is 0 Å². The number of nitrogens with one attached hydrogen (secondary N) is 1. The second kappa shape index (κ2) is 4.04. The largest absolute Gasteiger partial charge is 0.481 e. The summed E-state index contributed by atoms with van der Waals surface area (Å²) in [5, 5.41) is 12.9. The summed E-state index contributed by atoms with van der Waals surface area (Å²) >= 11 is 0. The van der Waals surface area contributed by atoms with Crippen LogP contribution < -0.4 is 5.56 Å². The molecule has 0 fully saturated rings. The van der Waals surface area contributed by atoms with Crippen molar-refractivity contribution in [1.29, 1.82) is 0 Å². The van der Waals surface area contributed by atoms with E-state index in [2.05, 4.69) is 10.1 Å². The van der Waals surface area contributed by atoms with Crippen molar-refractivity contribution in [3.8, 4) is 0 Å². The van der Waals surface area contributed by atoms with Crippen LogP contribution in [-0.2, 0) is 11.2 Å². The Bertz CT molecular complexity index is 624. The van der Waals surface area contributed by atoms with Gasteiger partial charge in [0.2, 0.25) is 0 Å². The highest BCUT2D eigenvalue weighted by Gasteiger charge is 2.10. The van der Waals surface area contributed by atoms with E-state index in [0.717, 1.165) is 5.69 Å². The van der Waals surface area contributed by atoms with Gasteiger partial charge in [-0.3, -0.25) is 9.59 Å². The Morgan fingerprint density at radius 1 is 1.59 bits per heavy atom. The van der Waals surface area contributed by atoms with Crippen molar-refractivity contribution < 1.29 is 9.90 Å². The summed E-state index contributed by atoms with van der Waals surface area (Å²) in [5.41, 5.74) is 1.25. The zero-order valence-electron chi connectivity index (χ0n) is 9.60. The molecule has 0 aliphatic heterocycles. The zero-order valence-corrected chi connectivity index (χ0v) is 9.60. The van der Waals surface area contributed by atoms with E-state index in [9.17, 15) is 9.59 Å². The Kier molecular flexibility index (Phi) is 2.71. The van der Waals surface area contributed by atoms with E-state index >= 15 is 0 Å². The van der Waals surface area contributed by atoms with E-state index in [0.29, 0.717) is 5.65 Å². The molecular weight excluding hydrogens is 222 g/mol. The number of hydrogen-bond donors (Lipinski definition) is 2. The number of carboxylic acid groups (broad SMARTS) is 1. The third-order valence-electron chi connectivity index (χ3n) is 2.50. The lowest BCUT2D eigenvalue weighted by molar-refractivity contribution is -0.136. The van der Waals surface area contributed by atoms with Crippen molar-refractivity contribution in [3.63, 3.8) is 0 Å². The second-order valence-corrected chi connectivity index (χ2v) is 4.23. The molecule has 2 N–H and O–H groups in total. The van der Waals surface area contributed by atoms with E-state index in [4.69, 9.17) is 5.11 Å². The smallest absolute Gasteiger partial charge is 0.308 e. The lowest BCUT2D eigenvalue weighted by atomic mass is 10.1. The quantitative estimate of drug-likeness (QED) is 0.822. The third kappa shape index (κ3) is 2.20. The number of aromatic nitrogens is 3. The van der Waals surface area contributed by atoms with Gasteiger partial charge < -0.3 is 10.1 Å². The molecule has 0 aliphatic rings. The first-order valence-corrected chi connectivity index (χ1v) is 5.30. The molecule has 17 heavy (non-hydrogen) atoms. The van der Waals surface area contributed by atoms with Crippen molar-refractivity contribution in [2.24, 2.45) is 0 Å². The topological polar surface area (TPSA) is 87.5 Å². The fraction of sp³-hybridized carbons (Fsp3) is 0.364. The summed E-state index contributed by atoms with van der Waals surface area (Å²) in [5.74, 6) is -0.785. The van der Waals surface area contributed by atoms with Crippen LogP contribution in [0.5, 0.6) is 0 Å². The SMILES string of the molecule is CC(C)c1cc2[nH]c(=O)c(CC(=O)O)cn2n1. The molecule has 6 nitrogen and oxygen atoms in total. The molecule has 0 atom stereocenters. The first-order chi connectivity index (χ1) is 7.97. The van der Waals surface area contributed by atoms with Gasteiger partial charge in [-0.05, 0) is 5.92 Å². The highest BCUT2D eigenvalue weighted by molar-refractivity contribution is 5.70. The molecule has 0 saturated heterocycles. The highest BCUT2D eigenvalue weighted by Crippen LogP contribution is 2.13. The Hall–Kier alpha value is -2.11. The molecule has 2 aromatic heterocycles. The van der Waals surface area contributed by atoms with Crippen LogP contribution in [0.4, 0.5) is 0 Å². The van der Waals surface area contributed by atoms with Crippen LogP contribution in [0.2, 0.25) is 0 Å². The number of aromatic amines is 1. The number of fused-ring (bicyclic) bond motifs is 1. The van der Waals surface area contributed by atoms with Crippen LogP contribution in [0.1, 0.15) is 31.0 Å². The molecule has 0 bridgehead atoms. The maximum absolute atomic E-state index is 11.6. The Labute approximate surface area is 96.9 Å². The minimum atomic E-state index is -1.04. The molecule has 0 saturated carbocycles. The fourth-order valence-corrected chi connectivity index (χ4v) is 1.58. The Balaban J connectivity index is 2.55. The van der Waals surface area contributed by atoms with Gasteiger partial charge in [-0.25, -0.2) is 4.52 Å². The molecule has 2 aromatic rings. The van der Waals surface area contributed by atoms with Crippen molar-refractivity contribution in [3.05, 3.63) is 33.9 Å². The van der Waals surface area contributed by atoms with Gasteiger partial charge in [0.1, 0.15) is 5.65 Å². The number of H-pyrrole nitrogens is 1. The predicted octanol–water partition coefficient (Wildman–Crippen LogP) is 0.773. The molecule has 0 aliphatic carbocycles. The number of aliphatic carboxylic acids is 1. The molecule has 0 amide bonds. The van der Waals surface area contributed by atoms with Gasteiger partial charge in [-0.1, -0.05) is 13.8 Å². The first-order valence-electron chi connectivity index (χ1n) is 5.30. The van der Waals surface area contributed by atoms with Gasteiger partial charge in [-0.2, -0.15) is 5.10 Å². The average molecular weight is 235 g/mol. The van der Waals surface area contributed by atoms with Gasteiger partial charge in [0, 0.05) is 17.8 Å². The van der Waals surface area contributed by atoms with Gasteiger partial charge in [0.25, 0.3) is 5.56 Å². The normalized spacial score (nSPS) is 11.2. The van der Waals surface area contributed by atoms with Crippen LogP contribution in [0, 0.1) is 0 Å². The van der Waals surface area contributed by atoms with Crippen molar-refractivity contribution in [2.45, 2.75) is 26.2 Å². The third-order valence-corrected chi connectivity index (χ3v) is 2.50. The minimum Gasteiger partial charge on any atom is -0.481 e. The van der Waals surface area contributed by atoms with Gasteiger partial charge in [0.15, 0.2) is 0 Å². The number of nitrogens with zero attached hydrogens (tertiary/aromatic N) is 2. The summed E-state index contributed by atoms with van der Waals surface area (Å²) in [6.07, 6.45) is 1.16. The van der Waals surface area contributed by atoms with Crippen molar-refractivity contribution in [1.82, 2.24) is 14.6 Å². The maximum atomic E-state index is 11.6. The molecule has 90 valence electrons. The molecule has 0 spiro atoms. The molecule has 6 heteroatoms. The molecule has 0 radical (unpaired) electrons. The summed E-state index contributed by atoms with van der Waals surface area (Å²) < 4.78 is 1.51. The summed E-state index contributed by atoms with van der Waals surface area (Å²) in [7, 11) is 0. The van der Waals surface area contributed by atoms with Gasteiger partial charge in [-0.15, -0.1) is 0 Å². The monoisotopic (exact) mass is 235 g/mol. The minimum absolute atomic E-state index is 0.198. The van der Waals surface area contributed by atoms with Crippen LogP contribution in [0.25, 0.3) is 5.65 Å². The van der Waals surface area contributed by atoms with Crippen LogP contribution in [-0.4, -0.2) is 25.7 Å². The molecule has 0 unspecified atom stereocenters. The Morgan fingerprint density at radius 3 is 2.88 bits per heavy atom. The Morgan fingerprint density at radius 2 is 2.29 bits per heavy atom. The van der Waals surface area contributed by atoms with Crippen LogP contribution >= 0.6 is 0 Å². The van der Waals surface area contributed by atoms with E-state index in [1.54, 1.807) is 6.07 Å². The van der Waals surface area contributed by atoms with Crippen LogP contribution in [0.15, 0.2) is 17.1 Å². The summed E-state index contributed by atoms with van der Waals surface area (Å²) in [6, 6.07) is 1.79. The van der Waals surface area contributed by atoms with Crippen LogP contribution in [0.3, 0.4) is 0 Å². The van der Waals surface area contributed by atoms with Gasteiger partial charge in [0.05, 0.1) is 12.1 Å².